The monoisotopic (exact) mass is 288 g/mol. The molecule has 2 aromatic rings. The zero-order valence-electron chi connectivity index (χ0n) is 12.2. The normalized spacial score (nSPS) is 22.0. The molecule has 1 aliphatic heterocycles. The molecule has 0 spiro atoms. The Morgan fingerprint density at radius 2 is 2.24 bits per heavy atom. The van der Waals surface area contributed by atoms with Crippen molar-refractivity contribution in [2.24, 2.45) is 0 Å². The van der Waals surface area contributed by atoms with Gasteiger partial charge in [0.25, 0.3) is 0 Å². The number of benzene rings is 1. The highest BCUT2D eigenvalue weighted by atomic mass is 16.5. The minimum absolute atomic E-state index is 0.0423. The van der Waals surface area contributed by atoms with Gasteiger partial charge in [0, 0.05) is 6.42 Å². The molecule has 5 nitrogen and oxygen atoms in total. The average molecular weight is 288 g/mol. The van der Waals surface area contributed by atoms with E-state index >= 15 is 0 Å². The molecule has 112 valence electrons. The molecule has 3 rings (SSSR count). The van der Waals surface area contributed by atoms with Crippen molar-refractivity contribution in [1.29, 1.82) is 0 Å². The maximum atomic E-state index is 11.0. The van der Waals surface area contributed by atoms with Crippen molar-refractivity contribution in [3.8, 4) is 0 Å². The van der Waals surface area contributed by atoms with Crippen LogP contribution in [0.1, 0.15) is 32.0 Å². The zero-order valence-corrected chi connectivity index (χ0v) is 12.2. The number of ether oxygens (including phenoxy) is 1. The van der Waals surface area contributed by atoms with E-state index in [-0.39, 0.29) is 6.10 Å². The number of fused-ring (bicyclic) bond motifs is 1. The number of rotatable bonds is 5. The molecular formula is C16H20N2O3. The Bertz CT molecular complexity index is 650. The third-order valence-corrected chi connectivity index (χ3v) is 3.98. The fourth-order valence-corrected chi connectivity index (χ4v) is 2.97. The Kier molecular flexibility index (Phi) is 3.92. The van der Waals surface area contributed by atoms with E-state index in [1.807, 2.05) is 18.2 Å². The molecule has 1 aliphatic rings. The summed E-state index contributed by atoms with van der Waals surface area (Å²) in [4.78, 5) is 15.7. The molecule has 0 radical (unpaired) electrons. The van der Waals surface area contributed by atoms with Crippen molar-refractivity contribution in [2.45, 2.75) is 51.4 Å². The van der Waals surface area contributed by atoms with Gasteiger partial charge in [-0.05, 0) is 31.4 Å². The molecule has 1 aromatic heterocycles. The van der Waals surface area contributed by atoms with E-state index in [1.165, 1.54) is 0 Å². The van der Waals surface area contributed by atoms with E-state index in [0.717, 1.165) is 36.1 Å². The quantitative estimate of drug-likeness (QED) is 0.918. The standard InChI is InChI=1S/C16H20N2O3/c1-2-5-15-17-12-6-3-4-7-13(12)18(15)10-11-8-9-14(21-11)16(19)20/h3-4,6-7,11,14H,2,5,8-10H2,1H3,(H,19,20). The Balaban J connectivity index is 1.85. The van der Waals surface area contributed by atoms with E-state index in [4.69, 9.17) is 9.84 Å². The van der Waals surface area contributed by atoms with Crippen LogP contribution >= 0.6 is 0 Å². The summed E-state index contributed by atoms with van der Waals surface area (Å²) < 4.78 is 7.82. The van der Waals surface area contributed by atoms with Crippen molar-refractivity contribution in [2.75, 3.05) is 0 Å². The predicted octanol–water partition coefficient (Wildman–Crippen LogP) is 2.62. The summed E-state index contributed by atoms with van der Waals surface area (Å²) in [6.45, 7) is 2.82. The summed E-state index contributed by atoms with van der Waals surface area (Å²) in [7, 11) is 0. The van der Waals surface area contributed by atoms with Crippen LogP contribution in [0.3, 0.4) is 0 Å². The van der Waals surface area contributed by atoms with Crippen LogP contribution in [0.25, 0.3) is 11.0 Å². The third-order valence-electron chi connectivity index (χ3n) is 3.98. The van der Waals surface area contributed by atoms with Gasteiger partial charge in [0.1, 0.15) is 5.82 Å². The maximum absolute atomic E-state index is 11.0. The minimum Gasteiger partial charge on any atom is -0.479 e. The van der Waals surface area contributed by atoms with Crippen molar-refractivity contribution in [3.63, 3.8) is 0 Å². The number of hydrogen-bond acceptors (Lipinski definition) is 3. The average Bonchev–Trinajstić information content (AvgIpc) is 3.06. The number of imidazole rings is 1. The molecule has 2 atom stereocenters. The zero-order chi connectivity index (χ0) is 14.8. The summed E-state index contributed by atoms with van der Waals surface area (Å²) in [5.41, 5.74) is 2.09. The molecule has 1 fully saturated rings. The smallest absolute Gasteiger partial charge is 0.332 e. The molecule has 21 heavy (non-hydrogen) atoms. The molecule has 0 aliphatic carbocycles. The van der Waals surface area contributed by atoms with Gasteiger partial charge in [-0.3, -0.25) is 0 Å². The van der Waals surface area contributed by atoms with Crippen molar-refractivity contribution < 1.29 is 14.6 Å². The fourth-order valence-electron chi connectivity index (χ4n) is 2.97. The Morgan fingerprint density at radius 1 is 1.43 bits per heavy atom. The van der Waals surface area contributed by atoms with E-state index in [2.05, 4.69) is 22.5 Å². The van der Waals surface area contributed by atoms with Gasteiger partial charge in [-0.15, -0.1) is 0 Å². The van der Waals surface area contributed by atoms with Gasteiger partial charge >= 0.3 is 5.97 Å². The Hall–Kier alpha value is -1.88. The third kappa shape index (κ3) is 2.78. The second-order valence-electron chi connectivity index (χ2n) is 5.54. The number of aromatic nitrogens is 2. The lowest BCUT2D eigenvalue weighted by molar-refractivity contribution is -0.149. The maximum Gasteiger partial charge on any atom is 0.332 e. The number of aliphatic carboxylic acids is 1. The molecule has 1 saturated heterocycles. The number of carboxylic acids is 1. The van der Waals surface area contributed by atoms with Crippen LogP contribution in [-0.2, 0) is 22.5 Å². The molecule has 0 bridgehead atoms. The number of hydrogen-bond donors (Lipinski definition) is 1. The largest absolute Gasteiger partial charge is 0.479 e. The molecule has 0 saturated carbocycles. The Morgan fingerprint density at radius 3 is 2.95 bits per heavy atom. The van der Waals surface area contributed by atoms with Crippen LogP contribution in [0, 0.1) is 0 Å². The van der Waals surface area contributed by atoms with E-state index in [9.17, 15) is 4.79 Å². The second-order valence-corrected chi connectivity index (χ2v) is 5.54. The highest BCUT2D eigenvalue weighted by molar-refractivity contribution is 5.76. The van der Waals surface area contributed by atoms with Gasteiger partial charge in [0.2, 0.25) is 0 Å². The predicted molar refractivity (Wildman–Crippen MR) is 79.3 cm³/mol. The summed E-state index contributed by atoms with van der Waals surface area (Å²) in [6.07, 6.45) is 2.64. The number of aryl methyl sites for hydroxylation is 1. The van der Waals surface area contributed by atoms with Crippen LogP contribution in [0.2, 0.25) is 0 Å². The molecule has 2 heterocycles. The summed E-state index contributed by atoms with van der Waals surface area (Å²) in [5, 5.41) is 9.02. The molecule has 0 amide bonds. The first-order chi connectivity index (χ1) is 10.2. The second kappa shape index (κ2) is 5.85. The van der Waals surface area contributed by atoms with Gasteiger partial charge in [0.05, 0.1) is 23.7 Å². The topological polar surface area (TPSA) is 64.4 Å². The van der Waals surface area contributed by atoms with Gasteiger partial charge in [0.15, 0.2) is 6.10 Å². The van der Waals surface area contributed by atoms with Crippen molar-refractivity contribution in [1.82, 2.24) is 9.55 Å². The fraction of sp³-hybridized carbons (Fsp3) is 0.500. The first-order valence-corrected chi connectivity index (χ1v) is 7.51. The number of carboxylic acid groups (broad SMARTS) is 1. The molecule has 5 heteroatoms. The van der Waals surface area contributed by atoms with E-state index < -0.39 is 12.1 Å². The molecule has 1 N–H and O–H groups in total. The number of carbonyl (C=O) groups is 1. The summed E-state index contributed by atoms with van der Waals surface area (Å²) in [5.74, 6) is 0.197. The number of nitrogens with zero attached hydrogens (tertiary/aromatic N) is 2. The van der Waals surface area contributed by atoms with Crippen molar-refractivity contribution in [3.05, 3.63) is 30.1 Å². The van der Waals surface area contributed by atoms with Crippen LogP contribution in [0.4, 0.5) is 0 Å². The highest BCUT2D eigenvalue weighted by Crippen LogP contribution is 2.24. The molecule has 1 aromatic carbocycles. The van der Waals surface area contributed by atoms with E-state index in [0.29, 0.717) is 13.0 Å². The van der Waals surface area contributed by atoms with Crippen LogP contribution < -0.4 is 0 Å². The minimum atomic E-state index is -0.859. The summed E-state index contributed by atoms with van der Waals surface area (Å²) >= 11 is 0. The van der Waals surface area contributed by atoms with E-state index in [1.54, 1.807) is 0 Å². The van der Waals surface area contributed by atoms with Crippen LogP contribution in [0.5, 0.6) is 0 Å². The lowest BCUT2D eigenvalue weighted by atomic mass is 10.2. The molecule has 2 unspecified atom stereocenters. The van der Waals surface area contributed by atoms with Crippen LogP contribution in [0.15, 0.2) is 24.3 Å². The number of para-hydroxylation sites is 2. The SMILES string of the molecule is CCCc1nc2ccccc2n1CC1CCC(C(=O)O)O1. The van der Waals surface area contributed by atoms with Crippen LogP contribution in [-0.4, -0.2) is 32.8 Å². The molecular weight excluding hydrogens is 268 g/mol. The van der Waals surface area contributed by atoms with Gasteiger partial charge in [-0.1, -0.05) is 19.1 Å². The first-order valence-electron chi connectivity index (χ1n) is 7.51. The first kappa shape index (κ1) is 14.1. The van der Waals surface area contributed by atoms with Gasteiger partial charge in [-0.25, -0.2) is 9.78 Å². The van der Waals surface area contributed by atoms with Crippen molar-refractivity contribution >= 4 is 17.0 Å². The summed E-state index contributed by atoms with van der Waals surface area (Å²) in [6, 6.07) is 8.07. The lowest BCUT2D eigenvalue weighted by Crippen LogP contribution is -2.23. The highest BCUT2D eigenvalue weighted by Gasteiger charge is 2.31. The Labute approximate surface area is 123 Å². The van der Waals surface area contributed by atoms with Gasteiger partial charge in [-0.2, -0.15) is 0 Å². The lowest BCUT2D eigenvalue weighted by Gasteiger charge is -2.15. The van der Waals surface area contributed by atoms with Gasteiger partial charge < -0.3 is 14.4 Å².